The molecule has 0 bridgehead atoms. The molecule has 4 rings (SSSR count). The summed E-state index contributed by atoms with van der Waals surface area (Å²) in [5.74, 6) is 2.48. The average molecular weight is 286 g/mol. The van der Waals surface area contributed by atoms with Crippen molar-refractivity contribution < 1.29 is 0 Å². The smallest absolute Gasteiger partial charge is 0.150 e. The minimum atomic E-state index is 0.492. The van der Waals surface area contributed by atoms with Gasteiger partial charge in [0.15, 0.2) is 0 Å². The van der Waals surface area contributed by atoms with Crippen LogP contribution in [0.1, 0.15) is 69.1 Å². The Labute approximate surface area is 127 Å². The predicted molar refractivity (Wildman–Crippen MR) is 83.0 cm³/mol. The Kier molecular flexibility index (Phi) is 3.80. The van der Waals surface area contributed by atoms with Gasteiger partial charge in [0.05, 0.1) is 6.04 Å². The molecule has 1 saturated heterocycles. The topological polar surface area (TPSA) is 34.0 Å². The lowest BCUT2D eigenvalue weighted by Gasteiger charge is -2.40. The number of allylic oxidation sites excluding steroid dienone is 1. The molecule has 3 heterocycles. The Morgan fingerprint density at radius 1 is 0.952 bits per heavy atom. The van der Waals surface area contributed by atoms with Crippen LogP contribution in [0.5, 0.6) is 0 Å². The van der Waals surface area contributed by atoms with E-state index in [9.17, 15) is 0 Å². The number of nitrogens with zero attached hydrogens (tertiary/aromatic N) is 4. The van der Waals surface area contributed by atoms with E-state index in [-0.39, 0.29) is 0 Å². The molecule has 2 unspecified atom stereocenters. The van der Waals surface area contributed by atoms with Crippen LogP contribution >= 0.6 is 0 Å². The number of likely N-dealkylation sites (tertiary alicyclic amines) is 1. The van der Waals surface area contributed by atoms with Gasteiger partial charge in [0, 0.05) is 19.0 Å². The first-order valence-corrected chi connectivity index (χ1v) is 8.78. The highest BCUT2D eigenvalue weighted by molar-refractivity contribution is 5.08. The summed E-state index contributed by atoms with van der Waals surface area (Å²) >= 11 is 0. The van der Waals surface area contributed by atoms with Crippen LogP contribution in [0, 0.1) is 0 Å². The van der Waals surface area contributed by atoms with Gasteiger partial charge >= 0.3 is 0 Å². The number of rotatable bonds is 2. The van der Waals surface area contributed by atoms with Gasteiger partial charge in [-0.2, -0.15) is 0 Å². The molecule has 1 aromatic rings. The molecule has 21 heavy (non-hydrogen) atoms. The van der Waals surface area contributed by atoms with Crippen molar-refractivity contribution in [2.45, 2.75) is 76.4 Å². The van der Waals surface area contributed by atoms with E-state index in [2.05, 4.69) is 31.8 Å². The van der Waals surface area contributed by atoms with E-state index >= 15 is 0 Å². The molecule has 0 radical (unpaired) electrons. The maximum absolute atomic E-state index is 4.61. The number of piperidine rings is 1. The normalized spacial score (nSPS) is 30.3. The van der Waals surface area contributed by atoms with Gasteiger partial charge in [-0.1, -0.05) is 18.6 Å². The summed E-state index contributed by atoms with van der Waals surface area (Å²) in [6.07, 6.45) is 16.3. The molecule has 1 fully saturated rings. The first-order valence-electron chi connectivity index (χ1n) is 8.78. The van der Waals surface area contributed by atoms with Gasteiger partial charge in [-0.25, -0.2) is 0 Å². The molecule has 0 N–H and O–H groups in total. The van der Waals surface area contributed by atoms with Crippen molar-refractivity contribution in [3.63, 3.8) is 0 Å². The number of hydrogen-bond donors (Lipinski definition) is 0. The lowest BCUT2D eigenvalue weighted by atomic mass is 9.94. The molecular weight excluding hydrogens is 260 g/mol. The second-order valence-electron chi connectivity index (χ2n) is 6.76. The second kappa shape index (κ2) is 5.91. The third-order valence-corrected chi connectivity index (χ3v) is 5.39. The summed E-state index contributed by atoms with van der Waals surface area (Å²) in [6.45, 7) is 2.35. The summed E-state index contributed by atoms with van der Waals surface area (Å²) in [5.41, 5.74) is 0. The van der Waals surface area contributed by atoms with E-state index in [1.54, 1.807) is 0 Å². The largest absolute Gasteiger partial charge is 0.314 e. The van der Waals surface area contributed by atoms with Crippen LogP contribution in [-0.4, -0.2) is 32.3 Å². The predicted octanol–water partition coefficient (Wildman–Crippen LogP) is 3.25. The molecule has 0 saturated carbocycles. The lowest BCUT2D eigenvalue weighted by Crippen LogP contribution is -2.42. The molecule has 1 aromatic heterocycles. The molecule has 0 aromatic carbocycles. The highest BCUT2D eigenvalue weighted by Crippen LogP contribution is 2.35. The maximum Gasteiger partial charge on any atom is 0.150 e. The Morgan fingerprint density at radius 3 is 2.81 bits per heavy atom. The Morgan fingerprint density at radius 2 is 1.90 bits per heavy atom. The van der Waals surface area contributed by atoms with E-state index in [1.807, 2.05) is 0 Å². The van der Waals surface area contributed by atoms with Crippen LogP contribution in [0.2, 0.25) is 0 Å². The summed E-state index contributed by atoms with van der Waals surface area (Å²) in [5, 5.41) is 9.09. The van der Waals surface area contributed by atoms with Gasteiger partial charge in [0.25, 0.3) is 0 Å². The molecule has 4 heteroatoms. The minimum Gasteiger partial charge on any atom is -0.314 e. The Balaban J connectivity index is 1.63. The number of fused-ring (bicyclic) bond motifs is 1. The van der Waals surface area contributed by atoms with Gasteiger partial charge in [-0.15, -0.1) is 10.2 Å². The van der Waals surface area contributed by atoms with Crippen LogP contribution < -0.4 is 0 Å². The van der Waals surface area contributed by atoms with E-state index in [0.29, 0.717) is 12.1 Å². The zero-order valence-electron chi connectivity index (χ0n) is 12.9. The highest BCUT2D eigenvalue weighted by atomic mass is 15.3. The molecular formula is C17H26N4. The van der Waals surface area contributed by atoms with Crippen molar-refractivity contribution >= 4 is 0 Å². The Bertz CT molecular complexity index is 519. The Hall–Kier alpha value is -1.16. The summed E-state index contributed by atoms with van der Waals surface area (Å²) in [6, 6.07) is 1.12. The quantitative estimate of drug-likeness (QED) is 0.783. The van der Waals surface area contributed by atoms with Gasteiger partial charge < -0.3 is 4.57 Å². The minimum absolute atomic E-state index is 0.492. The van der Waals surface area contributed by atoms with Gasteiger partial charge in [-0.05, 0) is 51.5 Å². The lowest BCUT2D eigenvalue weighted by molar-refractivity contribution is 0.0997. The standard InChI is InChI=1S/C17H26N4/c1-2-8-14(9-3-1)20-12-6-4-10-15(20)17-19-18-16-11-5-7-13-21(16)17/h2,8,14-15H,1,3-7,9-13H2. The van der Waals surface area contributed by atoms with Crippen molar-refractivity contribution in [3.05, 3.63) is 23.8 Å². The number of aromatic nitrogens is 3. The van der Waals surface area contributed by atoms with E-state index < -0.39 is 0 Å². The van der Waals surface area contributed by atoms with Gasteiger partial charge in [0.1, 0.15) is 11.6 Å². The molecule has 0 spiro atoms. The highest BCUT2D eigenvalue weighted by Gasteiger charge is 2.33. The average Bonchev–Trinajstić information content (AvgIpc) is 3.00. The molecule has 3 aliphatic rings. The molecule has 0 amide bonds. The third-order valence-electron chi connectivity index (χ3n) is 5.39. The molecule has 1 aliphatic carbocycles. The monoisotopic (exact) mass is 286 g/mol. The molecule has 2 atom stereocenters. The molecule has 114 valence electrons. The third kappa shape index (κ3) is 2.54. The van der Waals surface area contributed by atoms with Crippen LogP contribution in [-0.2, 0) is 13.0 Å². The first-order chi connectivity index (χ1) is 10.4. The number of aryl methyl sites for hydroxylation is 1. The van der Waals surface area contributed by atoms with E-state index in [0.717, 1.165) is 13.0 Å². The number of hydrogen-bond acceptors (Lipinski definition) is 3. The maximum atomic E-state index is 4.61. The van der Waals surface area contributed by atoms with Crippen molar-refractivity contribution in [1.82, 2.24) is 19.7 Å². The summed E-state index contributed by atoms with van der Waals surface area (Å²) < 4.78 is 2.43. The van der Waals surface area contributed by atoms with Crippen LogP contribution in [0.15, 0.2) is 12.2 Å². The summed E-state index contributed by atoms with van der Waals surface area (Å²) in [4.78, 5) is 2.71. The van der Waals surface area contributed by atoms with Crippen LogP contribution in [0.3, 0.4) is 0 Å². The first kappa shape index (κ1) is 13.5. The molecule has 2 aliphatic heterocycles. The van der Waals surface area contributed by atoms with E-state index in [4.69, 9.17) is 0 Å². The second-order valence-corrected chi connectivity index (χ2v) is 6.76. The van der Waals surface area contributed by atoms with Crippen LogP contribution in [0.25, 0.3) is 0 Å². The zero-order valence-corrected chi connectivity index (χ0v) is 12.9. The van der Waals surface area contributed by atoms with Crippen molar-refractivity contribution in [2.75, 3.05) is 6.54 Å². The van der Waals surface area contributed by atoms with Crippen molar-refractivity contribution in [1.29, 1.82) is 0 Å². The molecule has 4 nitrogen and oxygen atoms in total. The van der Waals surface area contributed by atoms with Crippen molar-refractivity contribution in [3.8, 4) is 0 Å². The van der Waals surface area contributed by atoms with Gasteiger partial charge in [0.2, 0.25) is 0 Å². The van der Waals surface area contributed by atoms with Crippen molar-refractivity contribution in [2.24, 2.45) is 0 Å². The fourth-order valence-electron chi connectivity index (χ4n) is 4.28. The summed E-state index contributed by atoms with van der Waals surface area (Å²) in [7, 11) is 0. The van der Waals surface area contributed by atoms with Gasteiger partial charge in [-0.3, -0.25) is 4.90 Å². The fourth-order valence-corrected chi connectivity index (χ4v) is 4.28. The zero-order chi connectivity index (χ0) is 14.1. The van der Waals surface area contributed by atoms with Crippen LogP contribution in [0.4, 0.5) is 0 Å². The fraction of sp³-hybridized carbons (Fsp3) is 0.765. The SMILES string of the molecule is C1=CC(N2CCCCC2c2nnc3n2CCCC3)CCC1. The van der Waals surface area contributed by atoms with E-state index in [1.165, 1.54) is 69.6 Å².